The molecule has 6 heteroatoms. The van der Waals surface area contributed by atoms with Crippen LogP contribution in [0.4, 0.5) is 0 Å². The van der Waals surface area contributed by atoms with Crippen LogP contribution in [0.1, 0.15) is 33.0 Å². The molecular weight excluding hydrogens is 266 g/mol. The van der Waals surface area contributed by atoms with Crippen LogP contribution >= 0.6 is 11.3 Å². The van der Waals surface area contributed by atoms with Gasteiger partial charge in [0.05, 0.1) is 18.1 Å². The summed E-state index contributed by atoms with van der Waals surface area (Å²) in [5.41, 5.74) is 1.07. The van der Waals surface area contributed by atoms with Gasteiger partial charge in [-0.1, -0.05) is 0 Å². The SMILES string of the molecule is O=C(O)C1CCCN1C(=O)c1cc2c(s1)CCOC2. The lowest BCUT2D eigenvalue weighted by Gasteiger charge is -2.20. The maximum atomic E-state index is 12.4. The number of fused-ring (bicyclic) bond motifs is 1. The highest BCUT2D eigenvalue weighted by atomic mass is 32.1. The molecule has 1 N–H and O–H groups in total. The number of carboxylic acids is 1. The van der Waals surface area contributed by atoms with Crippen LogP contribution in [0.2, 0.25) is 0 Å². The minimum atomic E-state index is -0.907. The van der Waals surface area contributed by atoms with Crippen LogP contribution in [-0.2, 0) is 22.6 Å². The number of ether oxygens (including phenoxy) is 1. The van der Waals surface area contributed by atoms with Crippen molar-refractivity contribution < 1.29 is 19.4 Å². The third-order valence-electron chi connectivity index (χ3n) is 3.64. The summed E-state index contributed by atoms with van der Waals surface area (Å²) in [4.78, 5) is 26.9. The Balaban J connectivity index is 1.83. The highest BCUT2D eigenvalue weighted by molar-refractivity contribution is 7.14. The predicted molar refractivity (Wildman–Crippen MR) is 69.4 cm³/mol. The van der Waals surface area contributed by atoms with E-state index >= 15 is 0 Å². The van der Waals surface area contributed by atoms with E-state index in [-0.39, 0.29) is 5.91 Å². The van der Waals surface area contributed by atoms with Gasteiger partial charge in [-0.05, 0) is 24.5 Å². The number of rotatable bonds is 2. The van der Waals surface area contributed by atoms with Crippen molar-refractivity contribution >= 4 is 23.2 Å². The molecule has 19 heavy (non-hydrogen) atoms. The number of carboxylic acid groups (broad SMARTS) is 1. The standard InChI is InChI=1S/C13H15NO4S/c15-12(14-4-1-2-9(14)13(16)17)11-6-8-7-18-5-3-10(8)19-11/h6,9H,1-5,7H2,(H,16,17). The van der Waals surface area contributed by atoms with Crippen molar-refractivity contribution in [3.05, 3.63) is 21.4 Å². The number of hydrogen-bond donors (Lipinski definition) is 1. The molecule has 1 fully saturated rings. The molecule has 1 saturated heterocycles. The lowest BCUT2D eigenvalue weighted by Crippen LogP contribution is -2.40. The number of hydrogen-bond acceptors (Lipinski definition) is 4. The van der Waals surface area contributed by atoms with Gasteiger partial charge in [-0.25, -0.2) is 4.79 Å². The first-order valence-electron chi connectivity index (χ1n) is 6.40. The summed E-state index contributed by atoms with van der Waals surface area (Å²) in [5.74, 6) is -1.06. The van der Waals surface area contributed by atoms with Crippen LogP contribution < -0.4 is 0 Å². The second-order valence-corrected chi connectivity index (χ2v) is 5.99. The Hall–Kier alpha value is -1.40. The molecule has 1 amide bonds. The molecule has 3 heterocycles. The number of nitrogens with zero attached hydrogens (tertiary/aromatic N) is 1. The molecule has 0 radical (unpaired) electrons. The van der Waals surface area contributed by atoms with Crippen LogP contribution in [0.3, 0.4) is 0 Å². The third kappa shape index (κ3) is 2.26. The van der Waals surface area contributed by atoms with Gasteiger partial charge in [-0.15, -0.1) is 11.3 Å². The van der Waals surface area contributed by atoms with Crippen LogP contribution in [0, 0.1) is 0 Å². The van der Waals surface area contributed by atoms with E-state index in [1.807, 2.05) is 6.07 Å². The summed E-state index contributed by atoms with van der Waals surface area (Å²) in [6.45, 7) is 1.79. The van der Waals surface area contributed by atoms with E-state index in [0.717, 1.165) is 18.4 Å². The Morgan fingerprint density at radius 1 is 1.47 bits per heavy atom. The first-order chi connectivity index (χ1) is 9.16. The molecule has 3 rings (SSSR count). The zero-order chi connectivity index (χ0) is 13.4. The van der Waals surface area contributed by atoms with Gasteiger partial charge in [-0.3, -0.25) is 4.79 Å². The quantitative estimate of drug-likeness (QED) is 0.892. The Morgan fingerprint density at radius 3 is 3.05 bits per heavy atom. The Kier molecular flexibility index (Phi) is 3.28. The average molecular weight is 281 g/mol. The predicted octanol–water partition coefficient (Wildman–Crippen LogP) is 1.51. The van der Waals surface area contributed by atoms with Crippen molar-refractivity contribution in [2.45, 2.75) is 31.9 Å². The molecule has 2 aliphatic rings. The molecule has 0 bridgehead atoms. The third-order valence-corrected chi connectivity index (χ3v) is 4.86. The summed E-state index contributed by atoms with van der Waals surface area (Å²) in [6.07, 6.45) is 2.15. The van der Waals surface area contributed by atoms with E-state index in [1.54, 1.807) is 0 Å². The molecule has 102 valence electrons. The molecule has 0 aromatic carbocycles. The summed E-state index contributed by atoms with van der Waals surface area (Å²) in [7, 11) is 0. The van der Waals surface area contributed by atoms with Crippen molar-refractivity contribution in [3.63, 3.8) is 0 Å². The van der Waals surface area contributed by atoms with Gasteiger partial charge in [0.25, 0.3) is 5.91 Å². The topological polar surface area (TPSA) is 66.8 Å². The van der Waals surface area contributed by atoms with E-state index in [2.05, 4.69) is 0 Å². The van der Waals surface area contributed by atoms with E-state index in [4.69, 9.17) is 9.84 Å². The minimum absolute atomic E-state index is 0.149. The fourth-order valence-electron chi connectivity index (χ4n) is 2.66. The number of likely N-dealkylation sites (tertiary alicyclic amines) is 1. The summed E-state index contributed by atoms with van der Waals surface area (Å²) < 4.78 is 5.36. The van der Waals surface area contributed by atoms with Crippen LogP contribution in [0.5, 0.6) is 0 Å². The molecule has 2 aliphatic heterocycles. The zero-order valence-corrected chi connectivity index (χ0v) is 11.2. The van der Waals surface area contributed by atoms with Crippen molar-refractivity contribution in [1.82, 2.24) is 4.90 Å². The monoisotopic (exact) mass is 281 g/mol. The summed E-state index contributed by atoms with van der Waals surface area (Å²) in [6, 6.07) is 1.20. The Morgan fingerprint density at radius 2 is 2.32 bits per heavy atom. The molecule has 0 aliphatic carbocycles. The second kappa shape index (κ2) is 4.94. The van der Waals surface area contributed by atoms with Crippen molar-refractivity contribution in [1.29, 1.82) is 0 Å². The Labute approximate surface area is 114 Å². The zero-order valence-electron chi connectivity index (χ0n) is 10.4. The molecular formula is C13H15NO4S. The van der Waals surface area contributed by atoms with Gasteiger partial charge in [0.15, 0.2) is 0 Å². The normalized spacial score (nSPS) is 22.3. The number of aliphatic carboxylic acids is 1. The van der Waals surface area contributed by atoms with Crippen molar-refractivity contribution in [2.75, 3.05) is 13.2 Å². The van der Waals surface area contributed by atoms with E-state index in [9.17, 15) is 9.59 Å². The van der Waals surface area contributed by atoms with Gasteiger partial charge in [0.1, 0.15) is 6.04 Å². The van der Waals surface area contributed by atoms with E-state index in [1.165, 1.54) is 21.1 Å². The Bertz CT molecular complexity index is 501. The molecule has 0 spiro atoms. The second-order valence-electron chi connectivity index (χ2n) is 4.86. The number of thiophene rings is 1. The highest BCUT2D eigenvalue weighted by Crippen LogP contribution is 2.29. The van der Waals surface area contributed by atoms with Gasteiger partial charge in [0.2, 0.25) is 0 Å². The lowest BCUT2D eigenvalue weighted by molar-refractivity contribution is -0.141. The molecule has 1 aromatic heterocycles. The van der Waals surface area contributed by atoms with Gasteiger partial charge in [0, 0.05) is 17.8 Å². The largest absolute Gasteiger partial charge is 0.480 e. The van der Waals surface area contributed by atoms with E-state index < -0.39 is 12.0 Å². The van der Waals surface area contributed by atoms with Crippen molar-refractivity contribution in [3.8, 4) is 0 Å². The van der Waals surface area contributed by atoms with Gasteiger partial charge >= 0.3 is 5.97 Å². The van der Waals surface area contributed by atoms with Crippen LogP contribution in [0.25, 0.3) is 0 Å². The first kappa shape index (κ1) is 12.6. The minimum Gasteiger partial charge on any atom is -0.480 e. The number of amides is 1. The molecule has 1 atom stereocenters. The number of carbonyl (C=O) groups is 2. The van der Waals surface area contributed by atoms with Gasteiger partial charge < -0.3 is 14.7 Å². The fourth-order valence-corrected chi connectivity index (χ4v) is 3.77. The average Bonchev–Trinajstić information content (AvgIpc) is 3.04. The van der Waals surface area contributed by atoms with Crippen LogP contribution in [-0.4, -0.2) is 41.1 Å². The molecule has 5 nitrogen and oxygen atoms in total. The number of carbonyl (C=O) groups excluding carboxylic acids is 1. The molecule has 0 saturated carbocycles. The smallest absolute Gasteiger partial charge is 0.326 e. The maximum Gasteiger partial charge on any atom is 0.326 e. The fraction of sp³-hybridized carbons (Fsp3) is 0.538. The van der Waals surface area contributed by atoms with E-state index in [0.29, 0.717) is 31.1 Å². The lowest BCUT2D eigenvalue weighted by atomic mass is 10.2. The van der Waals surface area contributed by atoms with Gasteiger partial charge in [-0.2, -0.15) is 0 Å². The van der Waals surface area contributed by atoms with Crippen LogP contribution in [0.15, 0.2) is 6.07 Å². The molecule has 1 unspecified atom stereocenters. The molecule has 1 aromatic rings. The van der Waals surface area contributed by atoms with Crippen molar-refractivity contribution in [2.24, 2.45) is 0 Å². The maximum absolute atomic E-state index is 12.4. The summed E-state index contributed by atoms with van der Waals surface area (Å²) in [5, 5.41) is 9.13. The highest BCUT2D eigenvalue weighted by Gasteiger charge is 2.35. The summed E-state index contributed by atoms with van der Waals surface area (Å²) >= 11 is 1.48. The first-order valence-corrected chi connectivity index (χ1v) is 7.21.